The molecule has 8 unspecified atom stereocenters. The van der Waals surface area contributed by atoms with Crippen LogP contribution in [0.5, 0.6) is 0 Å². The van der Waals surface area contributed by atoms with Gasteiger partial charge in [-0.15, -0.1) is 0 Å². The van der Waals surface area contributed by atoms with E-state index in [1.54, 1.807) is 0 Å². The smallest absolute Gasteiger partial charge is 0.327 e. The van der Waals surface area contributed by atoms with Crippen LogP contribution in [0.3, 0.4) is 0 Å². The number of hydrogen-bond acceptors (Lipinski definition) is 6. The summed E-state index contributed by atoms with van der Waals surface area (Å²) >= 11 is 0. The Morgan fingerprint density at radius 1 is 0.300 bits per heavy atom. The molecule has 30 heteroatoms. The quantitative estimate of drug-likeness (QED) is 0.111. The molecule has 0 bridgehead atoms. The van der Waals surface area contributed by atoms with E-state index in [1.807, 2.05) is 0 Å². The van der Waals surface area contributed by atoms with Gasteiger partial charge in [-0.3, -0.25) is 0 Å². The summed E-state index contributed by atoms with van der Waals surface area (Å²) in [5, 5.41) is 0. The summed E-state index contributed by atoms with van der Waals surface area (Å²) in [5.41, 5.74) is -35.5. The molecular weight excluding hydrogens is 908 g/mol. The van der Waals surface area contributed by atoms with Crippen LogP contribution in [0, 0.1) is 0 Å². The fourth-order valence-electron chi connectivity index (χ4n) is 5.84. The lowest BCUT2D eigenvalue weighted by Crippen LogP contribution is -2.75. The van der Waals surface area contributed by atoms with Crippen molar-refractivity contribution in [3.05, 3.63) is 0 Å². The second kappa shape index (κ2) is 16.6. The van der Waals surface area contributed by atoms with Gasteiger partial charge in [0.25, 0.3) is 0 Å². The molecule has 0 aromatic heterocycles. The van der Waals surface area contributed by atoms with Crippen LogP contribution in [-0.4, -0.2) is 107 Å². The van der Waals surface area contributed by atoms with Crippen molar-refractivity contribution in [1.82, 2.24) is 0 Å². The van der Waals surface area contributed by atoms with Crippen LogP contribution in [0.15, 0.2) is 0 Å². The maximum absolute atomic E-state index is 16.2. The second-order valence-electron chi connectivity index (χ2n) is 14.1. The van der Waals surface area contributed by atoms with Crippen molar-refractivity contribution in [3.63, 3.8) is 0 Å². The molecule has 0 aromatic rings. The molecule has 0 aliphatic rings. The van der Waals surface area contributed by atoms with Crippen LogP contribution in [0.2, 0.25) is 0 Å². The van der Waals surface area contributed by atoms with Gasteiger partial charge in [0.2, 0.25) is 11.3 Å². The third-order valence-corrected chi connectivity index (χ3v) is 10.6. The molecule has 0 aliphatic heterocycles. The summed E-state index contributed by atoms with van der Waals surface area (Å²) < 4.78 is 367. The first-order valence-electron chi connectivity index (χ1n) is 16.7. The van der Waals surface area contributed by atoms with Crippen LogP contribution in [0.25, 0.3) is 0 Å². The molecule has 0 fully saturated rings. The third-order valence-electron chi connectivity index (χ3n) is 10.6. The number of halogens is 24. The van der Waals surface area contributed by atoms with Crippen LogP contribution >= 0.6 is 0 Å². The standard InChI is InChI=1S/C30H40F24N2O4/c1-9-15(5,19(31,13-55)23(35,36)37)57-27(47,48)21(33,25(41,42)43)17(7,11-3)59-29(51,52)30(53,54)60-18(8,12-4)22(34,26(44,45)46)28(49,50)58-16(6,10-2)20(32,14-56)24(38,39)40/h9-14,55-56H2,1-8H3. The molecular formula is C30H40F24N2O4. The van der Waals surface area contributed by atoms with Crippen LogP contribution < -0.4 is 11.5 Å². The molecule has 8 atom stereocenters. The molecule has 362 valence electrons. The average molecular weight is 949 g/mol. The number of alkyl halides is 24. The molecule has 0 amide bonds. The van der Waals surface area contributed by atoms with Gasteiger partial charge < -0.3 is 30.4 Å². The topological polar surface area (TPSA) is 89.0 Å². The number of hydrogen-bond donors (Lipinski definition) is 2. The van der Waals surface area contributed by atoms with Crippen LogP contribution in [-0.2, 0) is 18.9 Å². The Bertz CT molecular complexity index is 1350. The highest BCUT2D eigenvalue weighted by Gasteiger charge is 2.87. The Kier molecular flexibility index (Phi) is 16.0. The van der Waals surface area contributed by atoms with Gasteiger partial charge in [-0.05, 0) is 53.4 Å². The lowest BCUT2D eigenvalue weighted by Gasteiger charge is -2.52. The molecule has 0 rings (SSSR count). The first kappa shape index (κ1) is 58.1. The highest BCUT2D eigenvalue weighted by molar-refractivity contribution is 5.15. The van der Waals surface area contributed by atoms with Gasteiger partial charge in [-0.2, -0.15) is 87.8 Å². The van der Waals surface area contributed by atoms with Crippen molar-refractivity contribution in [1.29, 1.82) is 0 Å². The summed E-state index contributed by atoms with van der Waals surface area (Å²) in [4.78, 5) is 0. The minimum atomic E-state index is -7.55. The van der Waals surface area contributed by atoms with Crippen molar-refractivity contribution in [2.45, 2.75) is 175 Å². The monoisotopic (exact) mass is 948 g/mol. The Labute approximate surface area is 324 Å². The van der Waals surface area contributed by atoms with Gasteiger partial charge in [0, 0.05) is 13.1 Å². The van der Waals surface area contributed by atoms with Crippen molar-refractivity contribution in [2.75, 3.05) is 13.1 Å². The van der Waals surface area contributed by atoms with E-state index < -0.39 is 147 Å². The van der Waals surface area contributed by atoms with Gasteiger partial charge in [0.15, 0.2) is 0 Å². The Balaban J connectivity index is 7.88. The van der Waals surface area contributed by atoms with Crippen molar-refractivity contribution < 1.29 is 124 Å². The van der Waals surface area contributed by atoms with E-state index >= 15 is 52.7 Å². The number of ether oxygens (including phenoxy) is 4. The number of rotatable bonds is 21. The minimum Gasteiger partial charge on any atom is -0.327 e. The fraction of sp³-hybridized carbons (Fsp3) is 1.00. The molecule has 60 heavy (non-hydrogen) atoms. The first-order valence-corrected chi connectivity index (χ1v) is 16.7. The lowest BCUT2D eigenvalue weighted by atomic mass is 9.79. The van der Waals surface area contributed by atoms with E-state index in [2.05, 4.69) is 30.4 Å². The first-order chi connectivity index (χ1) is 25.9. The molecule has 0 saturated heterocycles. The molecule has 6 nitrogen and oxygen atoms in total. The van der Waals surface area contributed by atoms with Gasteiger partial charge in [-0.1, -0.05) is 27.7 Å². The van der Waals surface area contributed by atoms with E-state index in [0.29, 0.717) is 13.8 Å². The van der Waals surface area contributed by atoms with E-state index in [-0.39, 0.29) is 27.7 Å². The van der Waals surface area contributed by atoms with Gasteiger partial charge in [-0.25, -0.2) is 17.6 Å². The van der Waals surface area contributed by atoms with Crippen molar-refractivity contribution >= 4 is 0 Å². The normalized spacial score (nSPS) is 22.9. The highest BCUT2D eigenvalue weighted by atomic mass is 19.4. The van der Waals surface area contributed by atoms with Crippen molar-refractivity contribution in [3.8, 4) is 0 Å². The summed E-state index contributed by atoms with van der Waals surface area (Å²) in [5.74, 6) is 0. The van der Waals surface area contributed by atoms with E-state index in [4.69, 9.17) is 0 Å². The predicted octanol–water partition coefficient (Wildman–Crippen LogP) is 11.1. The molecule has 0 saturated carbocycles. The molecule has 0 aliphatic carbocycles. The zero-order chi connectivity index (χ0) is 49.1. The minimum absolute atomic E-state index is 0.0541. The highest BCUT2D eigenvalue weighted by Crippen LogP contribution is 2.62. The van der Waals surface area contributed by atoms with E-state index in [1.165, 1.54) is 0 Å². The zero-order valence-electron chi connectivity index (χ0n) is 32.1. The summed E-state index contributed by atoms with van der Waals surface area (Å²) in [6.07, 6.45) is -65.6. The molecule has 0 heterocycles. The lowest BCUT2D eigenvalue weighted by molar-refractivity contribution is -0.521. The van der Waals surface area contributed by atoms with Gasteiger partial charge in [0.05, 0.1) is 0 Å². The van der Waals surface area contributed by atoms with Crippen LogP contribution in [0.1, 0.15) is 81.1 Å². The molecule has 0 radical (unpaired) electrons. The average Bonchev–Trinajstić information content (AvgIpc) is 3.06. The number of nitrogens with two attached hydrogens (primary N) is 2. The molecule has 4 N–H and O–H groups in total. The summed E-state index contributed by atoms with van der Waals surface area (Å²) in [6.45, 7) is -6.87. The summed E-state index contributed by atoms with van der Waals surface area (Å²) in [7, 11) is 0. The van der Waals surface area contributed by atoms with E-state index in [9.17, 15) is 52.7 Å². The largest absolute Gasteiger partial charge is 0.448 e. The van der Waals surface area contributed by atoms with Crippen molar-refractivity contribution in [2.24, 2.45) is 11.5 Å². The third kappa shape index (κ3) is 8.80. The molecule has 0 aromatic carbocycles. The molecule has 0 spiro atoms. The predicted molar refractivity (Wildman–Crippen MR) is 157 cm³/mol. The summed E-state index contributed by atoms with van der Waals surface area (Å²) in [6, 6.07) is 0. The van der Waals surface area contributed by atoms with Gasteiger partial charge in [0.1, 0.15) is 22.4 Å². The zero-order valence-corrected chi connectivity index (χ0v) is 32.1. The Morgan fingerprint density at radius 2 is 0.483 bits per heavy atom. The fourth-order valence-corrected chi connectivity index (χ4v) is 5.84. The second-order valence-corrected chi connectivity index (χ2v) is 14.1. The maximum atomic E-state index is 16.2. The van der Waals surface area contributed by atoms with E-state index in [0.717, 1.165) is 0 Å². The SMILES string of the molecule is CCC(C)(OC(F)(F)C(F)(C(F)(F)F)C(C)(CC)OC(F)(F)C(F)(F)OC(C)(CC)C(F)(C(F)(F)F)C(F)(F)OC(C)(CC)C(F)(CN)C(F)(F)F)C(F)(CN)C(F)(F)F. The maximum Gasteiger partial charge on any atom is 0.448 e. The van der Waals surface area contributed by atoms with Crippen LogP contribution in [0.4, 0.5) is 105 Å². The Morgan fingerprint density at radius 3 is 0.617 bits per heavy atom. The Hall–Kier alpha value is -1.92. The van der Waals surface area contributed by atoms with Gasteiger partial charge >= 0.3 is 60.5 Å².